The highest BCUT2D eigenvalue weighted by Crippen LogP contribution is 2.13. The number of thiazole rings is 1. The van der Waals surface area contributed by atoms with Gasteiger partial charge < -0.3 is 11.1 Å². The number of carbonyl (C=O) groups excluding carboxylic acids is 1. The molecule has 1 heterocycles. The van der Waals surface area contributed by atoms with Crippen LogP contribution in [-0.2, 0) is 0 Å². The fraction of sp³-hybridized carbons (Fsp3) is 0.444. The van der Waals surface area contributed by atoms with Crippen LogP contribution in [0.2, 0.25) is 0 Å². The molecule has 0 atom stereocenters. The van der Waals surface area contributed by atoms with E-state index >= 15 is 0 Å². The van der Waals surface area contributed by atoms with Gasteiger partial charge in [0, 0.05) is 0 Å². The molecule has 0 saturated carbocycles. The summed E-state index contributed by atoms with van der Waals surface area (Å²) in [5, 5.41) is 3.61. The lowest BCUT2D eigenvalue weighted by Gasteiger charge is -2.24. The van der Waals surface area contributed by atoms with Gasteiger partial charge in [-0.05, 0) is 20.8 Å². The van der Waals surface area contributed by atoms with Gasteiger partial charge >= 0.3 is 0 Å². The molecule has 3 N–H and O–H groups in total. The number of nitrogens with zero attached hydrogens (tertiary/aromatic N) is 1. The fourth-order valence-corrected chi connectivity index (χ4v) is 1.60. The van der Waals surface area contributed by atoms with Crippen LogP contribution in [0.25, 0.3) is 0 Å². The van der Waals surface area contributed by atoms with Gasteiger partial charge in [-0.2, -0.15) is 0 Å². The molecule has 0 aliphatic rings. The summed E-state index contributed by atoms with van der Waals surface area (Å²) < 4.78 is 0. The van der Waals surface area contributed by atoms with Crippen LogP contribution in [0, 0.1) is 6.92 Å². The second-order valence-electron chi connectivity index (χ2n) is 3.69. The molecule has 0 aliphatic carbocycles. The first-order valence-electron chi connectivity index (χ1n) is 4.38. The van der Waals surface area contributed by atoms with Crippen molar-refractivity contribution in [3.05, 3.63) is 16.1 Å². The number of thiocarbonyl (C=S) groups is 1. The molecule has 82 valence electrons. The van der Waals surface area contributed by atoms with Crippen LogP contribution in [0.3, 0.4) is 0 Å². The van der Waals surface area contributed by atoms with E-state index in [1.807, 2.05) is 6.92 Å². The molecule has 0 spiro atoms. The van der Waals surface area contributed by atoms with Crippen molar-refractivity contribution in [2.75, 3.05) is 0 Å². The van der Waals surface area contributed by atoms with Crippen LogP contribution in [0.15, 0.2) is 6.20 Å². The zero-order valence-corrected chi connectivity index (χ0v) is 10.5. The third kappa shape index (κ3) is 2.97. The van der Waals surface area contributed by atoms with Gasteiger partial charge in [-0.25, -0.2) is 4.98 Å². The quantitative estimate of drug-likeness (QED) is 0.784. The van der Waals surface area contributed by atoms with Crippen molar-refractivity contribution < 1.29 is 4.79 Å². The molecule has 1 rings (SSSR count). The van der Waals surface area contributed by atoms with Crippen molar-refractivity contribution >= 4 is 34.5 Å². The minimum absolute atomic E-state index is 0.196. The van der Waals surface area contributed by atoms with Gasteiger partial charge in [0.25, 0.3) is 5.91 Å². The maximum absolute atomic E-state index is 11.7. The van der Waals surface area contributed by atoms with Crippen molar-refractivity contribution in [3.8, 4) is 0 Å². The molecule has 1 aromatic heterocycles. The predicted octanol–water partition coefficient (Wildman–Crippen LogP) is 1.25. The first-order valence-corrected chi connectivity index (χ1v) is 5.60. The highest BCUT2D eigenvalue weighted by atomic mass is 32.1. The fourth-order valence-electron chi connectivity index (χ4n) is 0.873. The zero-order chi connectivity index (χ0) is 11.6. The number of carbonyl (C=O) groups is 1. The van der Waals surface area contributed by atoms with E-state index in [1.54, 1.807) is 20.0 Å². The second kappa shape index (κ2) is 4.24. The van der Waals surface area contributed by atoms with Crippen LogP contribution in [0.4, 0.5) is 0 Å². The molecule has 6 heteroatoms. The highest BCUT2D eigenvalue weighted by molar-refractivity contribution is 7.80. The average molecular weight is 243 g/mol. The number of aromatic nitrogens is 1. The van der Waals surface area contributed by atoms with E-state index in [-0.39, 0.29) is 10.9 Å². The van der Waals surface area contributed by atoms with Crippen molar-refractivity contribution in [2.45, 2.75) is 26.3 Å². The number of hydrogen-bond acceptors (Lipinski definition) is 4. The van der Waals surface area contributed by atoms with Crippen molar-refractivity contribution in [1.29, 1.82) is 0 Å². The van der Waals surface area contributed by atoms with Gasteiger partial charge in [0.05, 0.1) is 21.7 Å². The van der Waals surface area contributed by atoms with E-state index in [9.17, 15) is 4.79 Å². The van der Waals surface area contributed by atoms with Crippen LogP contribution < -0.4 is 11.1 Å². The van der Waals surface area contributed by atoms with Gasteiger partial charge in [-0.15, -0.1) is 11.3 Å². The lowest BCUT2D eigenvalue weighted by Crippen LogP contribution is -2.51. The first-order chi connectivity index (χ1) is 6.83. The summed E-state index contributed by atoms with van der Waals surface area (Å²) in [4.78, 5) is 16.6. The molecule has 0 unspecified atom stereocenters. The number of nitrogens with two attached hydrogens (primary N) is 1. The van der Waals surface area contributed by atoms with E-state index in [0.717, 1.165) is 5.01 Å². The smallest absolute Gasteiger partial charge is 0.263 e. The molecule has 0 fully saturated rings. The van der Waals surface area contributed by atoms with E-state index in [2.05, 4.69) is 10.3 Å². The van der Waals surface area contributed by atoms with Crippen LogP contribution in [0.1, 0.15) is 28.5 Å². The Morgan fingerprint density at radius 1 is 1.67 bits per heavy atom. The van der Waals surface area contributed by atoms with Gasteiger partial charge in [-0.1, -0.05) is 12.2 Å². The molecular weight excluding hydrogens is 230 g/mol. The summed E-state index contributed by atoms with van der Waals surface area (Å²) in [5.41, 5.74) is 4.83. The monoisotopic (exact) mass is 243 g/mol. The number of hydrogen-bond donors (Lipinski definition) is 2. The minimum atomic E-state index is -0.676. The Morgan fingerprint density at radius 2 is 2.27 bits per heavy atom. The molecule has 0 saturated heterocycles. The predicted molar refractivity (Wildman–Crippen MR) is 65.2 cm³/mol. The second-order valence-corrected chi connectivity index (χ2v) is 5.36. The summed E-state index contributed by atoms with van der Waals surface area (Å²) >= 11 is 6.20. The Balaban J connectivity index is 2.76. The van der Waals surface area contributed by atoms with Gasteiger partial charge in [0.2, 0.25) is 0 Å². The normalized spacial score (nSPS) is 11.1. The van der Waals surface area contributed by atoms with E-state index < -0.39 is 5.54 Å². The Labute approximate surface area is 97.9 Å². The molecule has 1 amide bonds. The number of rotatable bonds is 3. The highest BCUT2D eigenvalue weighted by Gasteiger charge is 2.24. The number of amides is 1. The lowest BCUT2D eigenvalue weighted by atomic mass is 10.1. The average Bonchev–Trinajstić information content (AvgIpc) is 2.50. The summed E-state index contributed by atoms with van der Waals surface area (Å²) in [7, 11) is 0. The molecule has 15 heavy (non-hydrogen) atoms. The summed E-state index contributed by atoms with van der Waals surface area (Å²) in [6, 6.07) is 0. The van der Waals surface area contributed by atoms with Crippen molar-refractivity contribution in [2.24, 2.45) is 5.73 Å². The molecule has 0 aromatic carbocycles. The SMILES string of the molecule is Cc1ncc(C(=O)NC(C)(C)C(N)=S)s1. The van der Waals surface area contributed by atoms with Gasteiger partial charge in [-0.3, -0.25) is 4.79 Å². The molecular formula is C9H13N3OS2. The minimum Gasteiger partial charge on any atom is -0.391 e. The summed E-state index contributed by atoms with van der Waals surface area (Å²) in [6.07, 6.45) is 1.55. The van der Waals surface area contributed by atoms with E-state index in [1.165, 1.54) is 11.3 Å². The van der Waals surface area contributed by atoms with E-state index in [0.29, 0.717) is 4.88 Å². The van der Waals surface area contributed by atoms with Crippen LogP contribution >= 0.6 is 23.6 Å². The Hall–Kier alpha value is -1.01. The molecule has 0 radical (unpaired) electrons. The standard InChI is InChI=1S/C9H13N3OS2/c1-5-11-4-6(15-5)7(13)12-9(2,3)8(10)14/h4H,1-3H3,(H2,10,14)(H,12,13). The van der Waals surface area contributed by atoms with E-state index in [4.69, 9.17) is 18.0 Å². The Kier molecular flexibility index (Phi) is 3.41. The molecule has 0 bridgehead atoms. The number of aryl methyl sites for hydroxylation is 1. The Bertz CT molecular complexity index is 398. The van der Waals surface area contributed by atoms with Gasteiger partial charge in [0.1, 0.15) is 4.88 Å². The topological polar surface area (TPSA) is 68.0 Å². The summed E-state index contributed by atoms with van der Waals surface area (Å²) in [6.45, 7) is 5.38. The zero-order valence-electron chi connectivity index (χ0n) is 8.83. The van der Waals surface area contributed by atoms with Crippen molar-refractivity contribution in [3.63, 3.8) is 0 Å². The Morgan fingerprint density at radius 3 is 2.67 bits per heavy atom. The number of nitrogens with one attached hydrogen (secondary N) is 1. The largest absolute Gasteiger partial charge is 0.391 e. The van der Waals surface area contributed by atoms with Crippen LogP contribution in [0.5, 0.6) is 0 Å². The van der Waals surface area contributed by atoms with Crippen LogP contribution in [-0.4, -0.2) is 21.4 Å². The summed E-state index contributed by atoms with van der Waals surface area (Å²) in [5.74, 6) is -0.196. The third-order valence-corrected chi connectivity index (χ3v) is 3.31. The lowest BCUT2D eigenvalue weighted by molar-refractivity contribution is 0.0936. The maximum atomic E-state index is 11.7. The van der Waals surface area contributed by atoms with Gasteiger partial charge in [0.15, 0.2) is 0 Å². The third-order valence-electron chi connectivity index (χ3n) is 1.89. The maximum Gasteiger partial charge on any atom is 0.263 e. The molecule has 4 nitrogen and oxygen atoms in total. The molecule has 1 aromatic rings. The van der Waals surface area contributed by atoms with Crippen molar-refractivity contribution in [1.82, 2.24) is 10.3 Å². The first kappa shape index (κ1) is 12.1. The molecule has 0 aliphatic heterocycles.